The lowest BCUT2D eigenvalue weighted by molar-refractivity contribution is -0.140. The molecule has 4 aromatic rings. The number of nitrogens with zero attached hydrogens (tertiary/aromatic N) is 3. The zero-order valence-electron chi connectivity index (χ0n) is 17.2. The number of thiophene rings is 1. The molecule has 3 N–H and O–H groups in total. The van der Waals surface area contributed by atoms with Crippen LogP contribution in [-0.4, -0.2) is 26.6 Å². The average Bonchev–Trinajstić information content (AvgIpc) is 3.33. The number of pyridine rings is 1. The van der Waals surface area contributed by atoms with Gasteiger partial charge in [-0.25, -0.2) is 9.37 Å². The van der Waals surface area contributed by atoms with E-state index in [0.29, 0.717) is 17.9 Å². The Bertz CT molecular complexity index is 1430. The van der Waals surface area contributed by atoms with Crippen LogP contribution in [0, 0.1) is 5.82 Å². The topological polar surface area (TPSA) is 103 Å². The number of benzene rings is 1. The first kappa shape index (κ1) is 23.6. The number of fused-ring (bicyclic) bond motifs is 1. The Morgan fingerprint density at radius 1 is 1.24 bits per heavy atom. The van der Waals surface area contributed by atoms with E-state index in [1.54, 1.807) is 6.92 Å². The fourth-order valence-electron chi connectivity index (χ4n) is 3.28. The highest BCUT2D eigenvalue weighted by molar-refractivity contribution is 7.21. The third-order valence-corrected chi connectivity index (χ3v) is 6.20. The number of hydrogen-bond donors (Lipinski definition) is 2. The predicted molar refractivity (Wildman–Crippen MR) is 119 cm³/mol. The second-order valence-electron chi connectivity index (χ2n) is 7.05. The van der Waals surface area contributed by atoms with Gasteiger partial charge in [0.1, 0.15) is 21.2 Å². The number of aryl methyl sites for hydroxylation is 1. The van der Waals surface area contributed by atoms with Gasteiger partial charge in [0.2, 0.25) is 0 Å². The molecule has 0 unspecified atom stereocenters. The molecule has 0 saturated carbocycles. The van der Waals surface area contributed by atoms with Crippen LogP contribution in [0.2, 0.25) is 5.02 Å². The minimum absolute atomic E-state index is 0.0263. The number of anilines is 1. The van der Waals surface area contributed by atoms with Crippen LogP contribution in [-0.2, 0) is 12.7 Å². The van der Waals surface area contributed by atoms with Crippen molar-refractivity contribution in [1.29, 1.82) is 0 Å². The highest BCUT2D eigenvalue weighted by Crippen LogP contribution is 2.43. The summed E-state index contributed by atoms with van der Waals surface area (Å²) in [4.78, 5) is 28.3. The van der Waals surface area contributed by atoms with Gasteiger partial charge in [-0.1, -0.05) is 23.7 Å². The Kier molecular flexibility index (Phi) is 6.04. The molecule has 0 atom stereocenters. The van der Waals surface area contributed by atoms with Crippen LogP contribution >= 0.6 is 22.9 Å². The SMILES string of the molecule is CCn1cc(Cl)c(C(=O)Nc2c(C(N)=O)sc3nc(C(F)(F)F)cc(-c4ccc(F)cc4)c23)n1. The van der Waals surface area contributed by atoms with E-state index in [4.69, 9.17) is 17.3 Å². The summed E-state index contributed by atoms with van der Waals surface area (Å²) in [5.41, 5.74) is 4.12. The van der Waals surface area contributed by atoms with Crippen LogP contribution in [0.25, 0.3) is 21.3 Å². The van der Waals surface area contributed by atoms with E-state index < -0.39 is 29.5 Å². The van der Waals surface area contributed by atoms with Gasteiger partial charge in [-0.05, 0) is 36.2 Å². The second-order valence-corrected chi connectivity index (χ2v) is 8.45. The van der Waals surface area contributed by atoms with Crippen LogP contribution in [0.15, 0.2) is 36.5 Å². The number of primary amides is 1. The van der Waals surface area contributed by atoms with E-state index >= 15 is 0 Å². The normalized spacial score (nSPS) is 11.7. The van der Waals surface area contributed by atoms with Crippen molar-refractivity contribution in [1.82, 2.24) is 14.8 Å². The highest BCUT2D eigenvalue weighted by atomic mass is 35.5. The van der Waals surface area contributed by atoms with Gasteiger partial charge in [0.05, 0.1) is 10.7 Å². The standard InChI is InChI=1S/C21H14ClF4N5O2S/c1-2-31-8-12(22)15(30-31)19(33)29-16-14-11(9-3-5-10(23)6-4-9)7-13(21(24,25)26)28-20(14)34-17(16)18(27)32/h3-8H,2H2,1H3,(H2,27,32)(H,29,33). The van der Waals surface area contributed by atoms with Crippen molar-refractivity contribution in [3.8, 4) is 11.1 Å². The second kappa shape index (κ2) is 8.69. The number of aromatic nitrogens is 3. The number of rotatable bonds is 5. The Labute approximate surface area is 198 Å². The highest BCUT2D eigenvalue weighted by Gasteiger charge is 2.35. The molecule has 2 amide bonds. The molecule has 3 heterocycles. The Hall–Kier alpha value is -3.51. The molecule has 0 aliphatic carbocycles. The van der Waals surface area contributed by atoms with E-state index in [1.807, 2.05) is 0 Å². The van der Waals surface area contributed by atoms with Gasteiger partial charge >= 0.3 is 6.18 Å². The maximum Gasteiger partial charge on any atom is 0.433 e. The lowest BCUT2D eigenvalue weighted by Crippen LogP contribution is -2.18. The molecule has 0 aliphatic heterocycles. The monoisotopic (exact) mass is 511 g/mol. The lowest BCUT2D eigenvalue weighted by Gasteiger charge is -2.12. The van der Waals surface area contributed by atoms with Gasteiger partial charge in [0, 0.05) is 18.1 Å². The molecule has 13 heteroatoms. The Morgan fingerprint density at radius 2 is 1.91 bits per heavy atom. The molecule has 176 valence electrons. The first-order valence-corrected chi connectivity index (χ1v) is 10.8. The van der Waals surface area contributed by atoms with Gasteiger partial charge in [-0.3, -0.25) is 14.3 Å². The molecule has 3 aromatic heterocycles. The van der Waals surface area contributed by atoms with Crippen LogP contribution in [0.3, 0.4) is 0 Å². The third kappa shape index (κ3) is 4.33. The number of alkyl halides is 3. The van der Waals surface area contributed by atoms with Crippen molar-refractivity contribution in [2.45, 2.75) is 19.6 Å². The number of carbonyl (C=O) groups is 2. The van der Waals surface area contributed by atoms with Crippen LogP contribution in [0.1, 0.15) is 32.8 Å². The van der Waals surface area contributed by atoms with Crippen molar-refractivity contribution in [2.24, 2.45) is 5.73 Å². The Balaban J connectivity index is 1.97. The summed E-state index contributed by atoms with van der Waals surface area (Å²) in [6, 6.07) is 5.47. The molecule has 34 heavy (non-hydrogen) atoms. The van der Waals surface area contributed by atoms with Crippen molar-refractivity contribution in [3.63, 3.8) is 0 Å². The zero-order valence-corrected chi connectivity index (χ0v) is 18.8. The van der Waals surface area contributed by atoms with Crippen LogP contribution < -0.4 is 11.1 Å². The number of nitrogens with two attached hydrogens (primary N) is 1. The fourth-order valence-corrected chi connectivity index (χ4v) is 4.52. The molecular formula is C21H14ClF4N5O2S. The fraction of sp³-hybridized carbons (Fsp3) is 0.143. The molecule has 1 aromatic carbocycles. The summed E-state index contributed by atoms with van der Waals surface area (Å²) in [5.74, 6) is -2.38. The molecule has 0 bridgehead atoms. The number of nitrogens with one attached hydrogen (secondary N) is 1. The number of amides is 2. The first-order valence-electron chi connectivity index (χ1n) is 9.64. The maximum absolute atomic E-state index is 13.5. The molecule has 0 fully saturated rings. The molecule has 0 radical (unpaired) electrons. The summed E-state index contributed by atoms with van der Waals surface area (Å²) in [5, 5.41) is 6.64. The number of carbonyl (C=O) groups excluding carboxylic acids is 2. The van der Waals surface area contributed by atoms with E-state index in [0.717, 1.165) is 18.2 Å². The summed E-state index contributed by atoms with van der Waals surface area (Å²) in [6.45, 7) is 2.21. The van der Waals surface area contributed by atoms with Gasteiger partial charge in [0.25, 0.3) is 11.8 Å². The largest absolute Gasteiger partial charge is 0.433 e. The van der Waals surface area contributed by atoms with Crippen LogP contribution in [0.4, 0.5) is 23.2 Å². The zero-order chi connectivity index (χ0) is 24.8. The van der Waals surface area contributed by atoms with Crippen molar-refractivity contribution in [2.75, 3.05) is 5.32 Å². The first-order chi connectivity index (χ1) is 16.0. The van der Waals surface area contributed by atoms with Gasteiger partial charge in [-0.2, -0.15) is 18.3 Å². The van der Waals surface area contributed by atoms with Gasteiger partial charge in [0.15, 0.2) is 5.69 Å². The number of halogens is 5. The Morgan fingerprint density at radius 3 is 2.47 bits per heavy atom. The minimum Gasteiger partial charge on any atom is -0.365 e. The van der Waals surface area contributed by atoms with E-state index in [9.17, 15) is 27.2 Å². The molecule has 0 spiro atoms. The quantitative estimate of drug-likeness (QED) is 0.353. The molecule has 7 nitrogen and oxygen atoms in total. The average molecular weight is 512 g/mol. The molecular weight excluding hydrogens is 498 g/mol. The molecule has 0 saturated heterocycles. The minimum atomic E-state index is -4.80. The van der Waals surface area contributed by atoms with Crippen LogP contribution in [0.5, 0.6) is 0 Å². The summed E-state index contributed by atoms with van der Waals surface area (Å²) >= 11 is 6.68. The summed E-state index contributed by atoms with van der Waals surface area (Å²) in [6.07, 6.45) is -3.37. The van der Waals surface area contributed by atoms with E-state index in [-0.39, 0.29) is 42.6 Å². The van der Waals surface area contributed by atoms with Gasteiger partial charge < -0.3 is 11.1 Å². The lowest BCUT2D eigenvalue weighted by atomic mass is 10.0. The molecule has 0 aliphatic rings. The summed E-state index contributed by atoms with van der Waals surface area (Å²) < 4.78 is 55.5. The summed E-state index contributed by atoms with van der Waals surface area (Å²) in [7, 11) is 0. The third-order valence-electron chi connectivity index (χ3n) is 4.83. The number of hydrogen-bond acceptors (Lipinski definition) is 5. The molecule has 4 rings (SSSR count). The van der Waals surface area contributed by atoms with Crippen molar-refractivity contribution < 1.29 is 27.2 Å². The van der Waals surface area contributed by atoms with Crippen molar-refractivity contribution in [3.05, 3.63) is 63.6 Å². The maximum atomic E-state index is 13.5. The van der Waals surface area contributed by atoms with E-state index in [1.165, 1.54) is 23.0 Å². The predicted octanol–water partition coefficient (Wildman–Crippen LogP) is 5.34. The van der Waals surface area contributed by atoms with E-state index in [2.05, 4.69) is 15.4 Å². The van der Waals surface area contributed by atoms with Crippen molar-refractivity contribution >= 4 is 50.7 Å². The van der Waals surface area contributed by atoms with Gasteiger partial charge in [-0.15, -0.1) is 11.3 Å². The smallest absolute Gasteiger partial charge is 0.365 e.